The topological polar surface area (TPSA) is 3.24 Å². The summed E-state index contributed by atoms with van der Waals surface area (Å²) < 4.78 is 2.62. The predicted octanol–water partition coefficient (Wildman–Crippen LogP) is 19.3. The summed E-state index contributed by atoms with van der Waals surface area (Å²) in [6, 6.07) is 95.8. The smallest absolute Gasteiger partial charge is 0.0467 e. The van der Waals surface area contributed by atoms with Gasteiger partial charge in [-0.25, -0.2) is 0 Å². The van der Waals surface area contributed by atoms with Crippen LogP contribution in [-0.4, -0.2) is 0 Å². The van der Waals surface area contributed by atoms with Crippen molar-refractivity contribution in [3.05, 3.63) is 261 Å². The number of fused-ring (bicyclic) bond motifs is 7. The van der Waals surface area contributed by atoms with Gasteiger partial charge in [0.15, 0.2) is 0 Å². The van der Waals surface area contributed by atoms with Crippen LogP contribution in [0, 0.1) is 0 Å². The summed E-state index contributed by atoms with van der Waals surface area (Å²) in [7, 11) is 0. The third kappa shape index (κ3) is 6.93. The molecule has 0 saturated carbocycles. The lowest BCUT2D eigenvalue weighted by Gasteiger charge is -2.27. The largest absolute Gasteiger partial charge is 0.310 e. The van der Waals surface area contributed by atoms with Crippen molar-refractivity contribution in [3.63, 3.8) is 0 Å². The minimum absolute atomic E-state index is 1.09. The van der Waals surface area contributed by atoms with Gasteiger partial charge in [-0.2, -0.15) is 0 Å². The zero-order valence-electron chi connectivity index (χ0n) is 37.2. The fourth-order valence-corrected chi connectivity index (χ4v) is 11.7. The second kappa shape index (κ2) is 16.7. The van der Waals surface area contributed by atoms with Crippen molar-refractivity contribution in [1.82, 2.24) is 0 Å². The highest BCUT2D eigenvalue weighted by Gasteiger charge is 2.20. The molecule has 1 nitrogen and oxygen atoms in total. The number of thiophene rings is 1. The first-order chi connectivity index (χ1) is 33.7. The Hall–Kier alpha value is -8.56. The molecule has 0 radical (unpaired) electrons. The third-order valence-electron chi connectivity index (χ3n) is 13.6. The van der Waals surface area contributed by atoms with Crippen LogP contribution in [0.4, 0.5) is 17.1 Å². The van der Waals surface area contributed by atoms with E-state index in [1.807, 2.05) is 11.3 Å². The van der Waals surface area contributed by atoms with Crippen LogP contribution in [0.2, 0.25) is 0 Å². The van der Waals surface area contributed by atoms with E-state index in [0.29, 0.717) is 0 Å². The highest BCUT2D eigenvalue weighted by Crippen LogP contribution is 2.47. The maximum absolute atomic E-state index is 2.43. The molecule has 0 aliphatic rings. The Balaban J connectivity index is 0.999. The molecule has 1 aromatic heterocycles. The van der Waals surface area contributed by atoms with Crippen LogP contribution in [0.3, 0.4) is 0 Å². The van der Waals surface area contributed by atoms with Crippen molar-refractivity contribution in [2.45, 2.75) is 0 Å². The Morgan fingerprint density at radius 2 is 0.721 bits per heavy atom. The number of hydrogen-bond acceptors (Lipinski definition) is 2. The molecule has 0 bridgehead atoms. The van der Waals surface area contributed by atoms with E-state index >= 15 is 0 Å². The van der Waals surface area contributed by atoms with Crippen LogP contribution < -0.4 is 4.90 Å². The first-order valence-electron chi connectivity index (χ1n) is 23.3. The Kier molecular flexibility index (Phi) is 9.77. The van der Waals surface area contributed by atoms with E-state index in [1.165, 1.54) is 103 Å². The molecule has 68 heavy (non-hydrogen) atoms. The highest BCUT2D eigenvalue weighted by molar-refractivity contribution is 7.26. The van der Waals surface area contributed by atoms with Gasteiger partial charge in [0.05, 0.1) is 0 Å². The van der Waals surface area contributed by atoms with Crippen LogP contribution in [-0.2, 0) is 0 Å². The molecule has 13 rings (SSSR count). The minimum Gasteiger partial charge on any atom is -0.310 e. The Bertz CT molecular complexity index is 4030. The molecule has 0 fully saturated rings. The maximum Gasteiger partial charge on any atom is 0.0467 e. The molecular weight excluding hydrogens is 839 g/mol. The lowest BCUT2D eigenvalue weighted by molar-refractivity contribution is 1.28. The van der Waals surface area contributed by atoms with E-state index in [2.05, 4.69) is 266 Å². The molecule has 13 aromatic rings. The summed E-state index contributed by atoms with van der Waals surface area (Å²) >= 11 is 1.88. The van der Waals surface area contributed by atoms with Crippen LogP contribution in [0.25, 0.3) is 108 Å². The van der Waals surface area contributed by atoms with E-state index in [9.17, 15) is 0 Å². The number of nitrogens with zero attached hydrogens (tertiary/aromatic N) is 1. The summed E-state index contributed by atoms with van der Waals surface area (Å²) in [5.74, 6) is 0. The average molecular weight is 882 g/mol. The van der Waals surface area contributed by atoms with Gasteiger partial charge in [0, 0.05) is 37.2 Å². The number of anilines is 3. The van der Waals surface area contributed by atoms with Gasteiger partial charge in [0.1, 0.15) is 0 Å². The molecule has 0 aliphatic carbocycles. The molecule has 1 heterocycles. The number of rotatable bonds is 8. The molecule has 0 atom stereocenters. The van der Waals surface area contributed by atoms with Crippen LogP contribution in [0.1, 0.15) is 0 Å². The normalized spacial score (nSPS) is 11.5. The summed E-state index contributed by atoms with van der Waals surface area (Å²) in [5, 5.41) is 10.1. The van der Waals surface area contributed by atoms with Crippen molar-refractivity contribution < 1.29 is 0 Å². The van der Waals surface area contributed by atoms with Crippen molar-refractivity contribution in [2.75, 3.05) is 4.90 Å². The zero-order valence-corrected chi connectivity index (χ0v) is 38.0. The summed E-state index contributed by atoms with van der Waals surface area (Å²) in [6.07, 6.45) is 0. The van der Waals surface area contributed by atoms with E-state index < -0.39 is 0 Å². The Labute approximate surface area is 400 Å². The van der Waals surface area contributed by atoms with Gasteiger partial charge in [-0.05, 0) is 143 Å². The van der Waals surface area contributed by atoms with Crippen molar-refractivity contribution >= 4 is 80.9 Å². The zero-order chi connectivity index (χ0) is 45.0. The van der Waals surface area contributed by atoms with Crippen molar-refractivity contribution in [2.24, 2.45) is 0 Å². The van der Waals surface area contributed by atoms with E-state index in [1.54, 1.807) is 0 Å². The molecule has 0 N–H and O–H groups in total. The molecule has 0 spiro atoms. The molecule has 0 aliphatic heterocycles. The lowest BCUT2D eigenvalue weighted by atomic mass is 9.84. The second-order valence-electron chi connectivity index (χ2n) is 17.6. The van der Waals surface area contributed by atoms with Crippen LogP contribution in [0.5, 0.6) is 0 Å². The monoisotopic (exact) mass is 881 g/mol. The second-order valence-corrected chi connectivity index (χ2v) is 18.7. The standard InChI is InChI=1S/C66H43NS/c1-3-18-45(19-4-1)64-60-31-10-9-29-57(60)58-38-37-51(43-62(58)65(64)46-20-5-2-6-21-46)49-24-14-27-54(41-49)67(53-26-13-23-48(40-53)50-36-35-44-17-7-8-22-47(44)39-50)55-28-15-25-52(42-55)56-32-16-33-61-59-30-11-12-34-63(59)68-66(56)61/h1-43H. The molecule has 0 amide bonds. The van der Waals surface area contributed by atoms with Gasteiger partial charge in [0.25, 0.3) is 0 Å². The van der Waals surface area contributed by atoms with Gasteiger partial charge in [-0.1, -0.05) is 206 Å². The van der Waals surface area contributed by atoms with E-state index in [-0.39, 0.29) is 0 Å². The first-order valence-corrected chi connectivity index (χ1v) is 24.1. The molecule has 12 aromatic carbocycles. The summed E-state index contributed by atoms with van der Waals surface area (Å²) in [5.41, 5.74) is 15.3. The average Bonchev–Trinajstić information content (AvgIpc) is 3.80. The van der Waals surface area contributed by atoms with E-state index in [4.69, 9.17) is 0 Å². The molecule has 0 saturated heterocycles. The minimum atomic E-state index is 1.09. The van der Waals surface area contributed by atoms with Gasteiger partial charge in [-0.3, -0.25) is 0 Å². The fraction of sp³-hybridized carbons (Fsp3) is 0. The first kappa shape index (κ1) is 39.8. The van der Waals surface area contributed by atoms with Gasteiger partial charge < -0.3 is 4.90 Å². The highest BCUT2D eigenvalue weighted by atomic mass is 32.1. The van der Waals surface area contributed by atoms with Crippen LogP contribution >= 0.6 is 11.3 Å². The Morgan fingerprint density at radius 1 is 0.250 bits per heavy atom. The summed E-state index contributed by atoms with van der Waals surface area (Å²) in [6.45, 7) is 0. The molecule has 0 unspecified atom stereocenters. The summed E-state index contributed by atoms with van der Waals surface area (Å²) in [4.78, 5) is 2.43. The maximum atomic E-state index is 2.43. The third-order valence-corrected chi connectivity index (χ3v) is 14.8. The van der Waals surface area contributed by atoms with Gasteiger partial charge >= 0.3 is 0 Å². The van der Waals surface area contributed by atoms with E-state index in [0.717, 1.165) is 22.6 Å². The van der Waals surface area contributed by atoms with Gasteiger partial charge in [-0.15, -0.1) is 11.3 Å². The fourth-order valence-electron chi connectivity index (χ4n) is 10.4. The van der Waals surface area contributed by atoms with Crippen LogP contribution in [0.15, 0.2) is 261 Å². The quantitative estimate of drug-likeness (QED) is 0.137. The SMILES string of the molecule is c1ccc(-c2c(-c3ccccc3)c3cc(-c4cccc(N(c5cccc(-c6ccc7ccccc7c6)c5)c5cccc(-c6cccc7c6sc6ccccc67)c5)c4)ccc3c3ccccc23)cc1. The lowest BCUT2D eigenvalue weighted by Crippen LogP contribution is -2.10. The molecule has 318 valence electrons. The molecular formula is C66H43NS. The van der Waals surface area contributed by atoms with Crippen molar-refractivity contribution in [1.29, 1.82) is 0 Å². The Morgan fingerprint density at radius 3 is 1.43 bits per heavy atom. The van der Waals surface area contributed by atoms with Gasteiger partial charge in [0.2, 0.25) is 0 Å². The number of benzene rings is 12. The number of hydrogen-bond donors (Lipinski definition) is 0. The molecule has 2 heteroatoms. The predicted molar refractivity (Wildman–Crippen MR) is 294 cm³/mol. The van der Waals surface area contributed by atoms with Crippen molar-refractivity contribution in [3.8, 4) is 55.6 Å².